The van der Waals surface area contributed by atoms with Gasteiger partial charge in [0.1, 0.15) is 12.4 Å². The SMILES string of the molecule is CC.CC.CCCN(CCC)c1cc(N)cc(OCCN2CCOCC2)n1.CO/C=C(/C=N)c1ccccc1. The van der Waals surface area contributed by atoms with Crippen LogP contribution in [0.5, 0.6) is 5.88 Å². The van der Waals surface area contributed by atoms with Crippen LogP contribution in [0.15, 0.2) is 48.7 Å². The molecule has 39 heavy (non-hydrogen) atoms. The van der Waals surface area contributed by atoms with Crippen molar-refractivity contribution in [2.45, 2.75) is 54.4 Å². The van der Waals surface area contributed by atoms with Gasteiger partial charge in [-0.25, -0.2) is 0 Å². The second-order valence-corrected chi connectivity index (χ2v) is 8.21. The molecule has 0 aliphatic carbocycles. The monoisotopic (exact) mass is 543 g/mol. The predicted molar refractivity (Wildman–Crippen MR) is 167 cm³/mol. The van der Waals surface area contributed by atoms with Crippen molar-refractivity contribution in [3.05, 3.63) is 54.3 Å². The van der Waals surface area contributed by atoms with E-state index in [-0.39, 0.29) is 0 Å². The van der Waals surface area contributed by atoms with Crippen molar-refractivity contribution in [2.24, 2.45) is 0 Å². The average Bonchev–Trinajstić information content (AvgIpc) is 2.99. The summed E-state index contributed by atoms with van der Waals surface area (Å²) in [5, 5.41) is 7.13. The van der Waals surface area contributed by atoms with Gasteiger partial charge in [0.2, 0.25) is 5.88 Å². The molecule has 0 atom stereocenters. The Morgan fingerprint density at radius 2 is 1.67 bits per heavy atom. The molecule has 0 unspecified atom stereocenters. The summed E-state index contributed by atoms with van der Waals surface area (Å²) in [7, 11) is 1.58. The Labute approximate surface area is 237 Å². The Morgan fingerprint density at radius 3 is 2.21 bits per heavy atom. The number of nitrogens with zero attached hydrogens (tertiary/aromatic N) is 3. The first kappa shape index (κ1) is 35.9. The standard InChI is InChI=1S/C17H30N4O2.C10H11NO.2C2H6/c1-3-5-21(6-4-2)16-13-15(18)14-17(19-16)23-12-9-20-7-10-22-11-8-20;1-12-8-10(7-11)9-5-3-2-4-6-9;2*1-2/h13-14H,3-12H2,1-2H3,(H2,18,19);2-8,11H,1H3;2*1-2H3/b;10-8-,11-7?;;. The maximum Gasteiger partial charge on any atom is 0.217 e. The number of benzene rings is 1. The molecule has 1 saturated heterocycles. The number of nitrogens with one attached hydrogen (secondary N) is 1. The van der Waals surface area contributed by atoms with Crippen LogP contribution in [0.2, 0.25) is 0 Å². The lowest BCUT2D eigenvalue weighted by Crippen LogP contribution is -2.38. The summed E-state index contributed by atoms with van der Waals surface area (Å²) in [5.41, 5.74) is 8.50. The molecule has 3 rings (SSSR count). The van der Waals surface area contributed by atoms with Crippen LogP contribution in [0.25, 0.3) is 5.57 Å². The van der Waals surface area contributed by atoms with Crippen molar-refractivity contribution in [1.82, 2.24) is 9.88 Å². The summed E-state index contributed by atoms with van der Waals surface area (Å²) in [4.78, 5) is 9.25. The van der Waals surface area contributed by atoms with Crippen molar-refractivity contribution in [1.29, 1.82) is 5.41 Å². The van der Waals surface area contributed by atoms with Crippen LogP contribution in [0.1, 0.15) is 59.9 Å². The van der Waals surface area contributed by atoms with E-state index in [9.17, 15) is 0 Å². The van der Waals surface area contributed by atoms with Gasteiger partial charge in [-0.05, 0) is 18.4 Å². The molecular weight excluding hydrogens is 490 g/mol. The summed E-state index contributed by atoms with van der Waals surface area (Å²) >= 11 is 0. The maximum absolute atomic E-state index is 7.13. The third-order valence-corrected chi connectivity index (χ3v) is 5.39. The fraction of sp³-hybridized carbons (Fsp3) is 0.548. The number of pyridine rings is 1. The molecular formula is C31H53N5O3. The molecule has 1 aliphatic rings. The summed E-state index contributed by atoms with van der Waals surface area (Å²) in [5.74, 6) is 1.53. The molecule has 8 heteroatoms. The third-order valence-electron chi connectivity index (χ3n) is 5.39. The zero-order valence-corrected chi connectivity index (χ0v) is 25.4. The molecule has 0 amide bonds. The second-order valence-electron chi connectivity index (χ2n) is 8.21. The smallest absolute Gasteiger partial charge is 0.217 e. The summed E-state index contributed by atoms with van der Waals surface area (Å²) in [6.07, 6.45) is 5.01. The van der Waals surface area contributed by atoms with E-state index in [1.54, 1.807) is 19.4 Å². The number of ether oxygens (including phenoxy) is 3. The van der Waals surface area contributed by atoms with Crippen LogP contribution in [-0.2, 0) is 9.47 Å². The van der Waals surface area contributed by atoms with Crippen LogP contribution in [-0.4, -0.2) is 75.8 Å². The van der Waals surface area contributed by atoms with Gasteiger partial charge in [-0.1, -0.05) is 71.9 Å². The number of hydrogen-bond acceptors (Lipinski definition) is 8. The number of methoxy groups -OCH3 is 1. The highest BCUT2D eigenvalue weighted by Crippen LogP contribution is 2.21. The van der Waals surface area contributed by atoms with E-state index in [0.29, 0.717) is 18.2 Å². The first-order chi connectivity index (χ1) is 19.1. The zero-order chi connectivity index (χ0) is 29.3. The summed E-state index contributed by atoms with van der Waals surface area (Å²) in [6.45, 7) is 19.4. The minimum atomic E-state index is 0.616. The maximum atomic E-state index is 7.13. The van der Waals surface area contributed by atoms with Gasteiger partial charge in [-0.2, -0.15) is 4.98 Å². The molecule has 2 heterocycles. The molecule has 0 spiro atoms. The molecule has 1 aliphatic heterocycles. The minimum absolute atomic E-state index is 0.616. The van der Waals surface area contributed by atoms with Crippen molar-refractivity contribution >= 4 is 23.3 Å². The van der Waals surface area contributed by atoms with Gasteiger partial charge in [0.15, 0.2) is 0 Å². The normalized spacial score (nSPS) is 12.8. The molecule has 0 saturated carbocycles. The molecule has 3 N–H and O–H groups in total. The van der Waals surface area contributed by atoms with Crippen molar-refractivity contribution in [3.8, 4) is 5.88 Å². The number of morpholine rings is 1. The van der Waals surface area contributed by atoms with E-state index in [0.717, 1.165) is 75.7 Å². The van der Waals surface area contributed by atoms with Crippen LogP contribution in [0.4, 0.5) is 11.5 Å². The van der Waals surface area contributed by atoms with E-state index < -0.39 is 0 Å². The van der Waals surface area contributed by atoms with E-state index >= 15 is 0 Å². The summed E-state index contributed by atoms with van der Waals surface area (Å²) in [6, 6.07) is 13.4. The number of allylic oxidation sites excluding steroid dienone is 1. The minimum Gasteiger partial charge on any atom is -0.504 e. The number of nitrogens with two attached hydrogens (primary N) is 1. The number of rotatable bonds is 12. The molecule has 1 fully saturated rings. The highest BCUT2D eigenvalue weighted by Gasteiger charge is 2.12. The van der Waals surface area contributed by atoms with Gasteiger partial charge >= 0.3 is 0 Å². The third kappa shape index (κ3) is 15.2. The quantitative estimate of drug-likeness (QED) is 0.237. The summed E-state index contributed by atoms with van der Waals surface area (Å²) < 4.78 is 16.0. The molecule has 0 bridgehead atoms. The number of anilines is 2. The highest BCUT2D eigenvalue weighted by molar-refractivity contribution is 6.07. The van der Waals surface area contributed by atoms with Crippen molar-refractivity contribution in [3.63, 3.8) is 0 Å². The Balaban J connectivity index is 0.000000759. The van der Waals surface area contributed by atoms with Crippen LogP contribution in [0.3, 0.4) is 0 Å². The van der Waals surface area contributed by atoms with Gasteiger partial charge in [0.05, 0.1) is 26.6 Å². The molecule has 8 nitrogen and oxygen atoms in total. The first-order valence-electron chi connectivity index (χ1n) is 14.4. The van der Waals surface area contributed by atoms with Gasteiger partial charge in [0, 0.05) is 62.3 Å². The van der Waals surface area contributed by atoms with E-state index in [1.807, 2.05) is 64.1 Å². The number of aromatic nitrogens is 1. The van der Waals surface area contributed by atoms with Crippen molar-refractivity contribution < 1.29 is 14.2 Å². The van der Waals surface area contributed by atoms with Crippen molar-refractivity contribution in [2.75, 3.05) is 70.3 Å². The Hall–Kier alpha value is -3.10. The molecule has 0 radical (unpaired) electrons. The lowest BCUT2D eigenvalue weighted by Gasteiger charge is -2.26. The zero-order valence-electron chi connectivity index (χ0n) is 25.4. The Bertz CT molecular complexity index is 881. The molecule has 220 valence electrons. The molecule has 2 aromatic rings. The fourth-order valence-corrected chi connectivity index (χ4v) is 3.67. The van der Waals surface area contributed by atoms with Gasteiger partial charge in [-0.15, -0.1) is 0 Å². The highest BCUT2D eigenvalue weighted by atomic mass is 16.5. The second kappa shape index (κ2) is 24.0. The van der Waals surface area contributed by atoms with Crippen LogP contribution < -0.4 is 15.4 Å². The predicted octanol–water partition coefficient (Wildman–Crippen LogP) is 6.38. The lowest BCUT2D eigenvalue weighted by atomic mass is 10.1. The van der Waals surface area contributed by atoms with E-state index in [2.05, 4.69) is 28.6 Å². The van der Waals surface area contributed by atoms with Gasteiger partial charge in [0.25, 0.3) is 0 Å². The average molecular weight is 544 g/mol. The number of nitrogen functional groups attached to an aromatic ring is 1. The van der Waals surface area contributed by atoms with Crippen LogP contribution >= 0.6 is 0 Å². The van der Waals surface area contributed by atoms with Gasteiger partial charge in [-0.3, -0.25) is 4.90 Å². The Morgan fingerprint density at radius 1 is 1.05 bits per heavy atom. The van der Waals surface area contributed by atoms with E-state index in [4.69, 9.17) is 25.4 Å². The van der Waals surface area contributed by atoms with E-state index in [1.165, 1.54) is 6.21 Å². The fourth-order valence-electron chi connectivity index (χ4n) is 3.67. The molecule has 1 aromatic heterocycles. The molecule has 1 aromatic carbocycles. The van der Waals surface area contributed by atoms with Crippen LogP contribution in [0, 0.1) is 5.41 Å². The topological polar surface area (TPSA) is 96.9 Å². The Kier molecular flexibility index (Phi) is 22.1. The lowest BCUT2D eigenvalue weighted by molar-refractivity contribution is 0.0320. The number of hydrogen-bond donors (Lipinski definition) is 2. The van der Waals surface area contributed by atoms with Gasteiger partial charge < -0.3 is 30.3 Å². The first-order valence-corrected chi connectivity index (χ1v) is 14.4. The largest absolute Gasteiger partial charge is 0.504 e.